The lowest BCUT2D eigenvalue weighted by atomic mass is 9.79. The van der Waals surface area contributed by atoms with E-state index in [1.165, 1.54) is 37.0 Å². The Morgan fingerprint density at radius 3 is 0.782 bits per heavy atom. The van der Waals surface area contributed by atoms with Crippen LogP contribution < -0.4 is 5.46 Å². The summed E-state index contributed by atoms with van der Waals surface area (Å²) in [4.78, 5) is 38.4. The number of hydrogen-bond acceptors (Lipinski definition) is 11. The zero-order chi connectivity index (χ0) is 73.7. The van der Waals surface area contributed by atoms with Gasteiger partial charge >= 0.3 is 7.12 Å². The number of benzene rings is 7. The van der Waals surface area contributed by atoms with E-state index in [9.17, 15) is 0 Å². The summed E-state index contributed by atoms with van der Waals surface area (Å²) < 4.78 is 19.8. The Labute approximate surface area is 684 Å². The van der Waals surface area contributed by atoms with E-state index in [1.54, 1.807) is 0 Å². The van der Waals surface area contributed by atoms with Crippen molar-refractivity contribution >= 4 is 177 Å². The van der Waals surface area contributed by atoms with Crippen LogP contribution in [0.2, 0.25) is 21.1 Å². The molecule has 0 amide bonds. The molecule has 0 unspecified atom stereocenters. The van der Waals surface area contributed by atoms with Crippen molar-refractivity contribution in [2.75, 3.05) is 0 Å². The lowest BCUT2D eigenvalue weighted by molar-refractivity contribution is 0.00578. The smallest absolute Gasteiger partial charge is 0.399 e. The lowest BCUT2D eigenvalue weighted by Gasteiger charge is -2.32. The average molecular weight is 1940 g/mol. The molecule has 0 saturated carbocycles. The highest BCUT2D eigenvalue weighted by Gasteiger charge is 2.52. The zero-order valence-electron chi connectivity index (χ0n) is 58.8. The standard InChI is InChI=1S/C30H31Br2N3.C23H26ClN3.C13H17BBr2O2.C7H5Br2I.C3Cl3N3.2CH4/c1-18-24(31)16-21(17-25(18)32)28-34-26(19-8-12-22(13-9-19)29(2,3)4)33-27(35-28)20-10-14-23(15-11-20)30(5,6)7;1-22(2,3)17-11-7-15(8-12-17)19-25-20(27-21(24)26-19)16-9-13-18(14-10-16)23(4,5)6;1-8-10(15)6-9(7-11(8)16)14-17-12(2,3)13(4,5)18-14;1-4-6(8)2-5(10)3-7(4)9;4-1-7-2(5)9-3(6)8-1;;/h8-17H,1-7H3;7-14H,1-6H3;6-7H,1-5H3;2-3H,1H3;;2*1H4. The summed E-state index contributed by atoms with van der Waals surface area (Å²) in [5.74, 6) is 3.15. The molecule has 11 rings (SSSR count). The summed E-state index contributed by atoms with van der Waals surface area (Å²) in [6.07, 6.45) is 0. The number of halogens is 11. The van der Waals surface area contributed by atoms with Crippen molar-refractivity contribution in [3.05, 3.63) is 224 Å². The van der Waals surface area contributed by atoms with Crippen LogP contribution in [0.3, 0.4) is 0 Å². The fourth-order valence-corrected chi connectivity index (χ4v) is 15.2. The van der Waals surface area contributed by atoms with Crippen LogP contribution in [-0.2, 0) is 31.0 Å². The van der Waals surface area contributed by atoms with Crippen molar-refractivity contribution < 1.29 is 9.31 Å². The van der Waals surface area contributed by atoms with E-state index in [0.717, 1.165) is 65.7 Å². The minimum Gasteiger partial charge on any atom is -0.399 e. The molecule has 536 valence electrons. The van der Waals surface area contributed by atoms with Gasteiger partial charge in [-0.3, -0.25) is 0 Å². The fourth-order valence-electron chi connectivity index (χ4n) is 9.32. The van der Waals surface area contributed by atoms with Gasteiger partial charge in [-0.2, -0.15) is 24.9 Å². The zero-order valence-corrected chi connectivity index (χ0v) is 73.5. The van der Waals surface area contributed by atoms with E-state index in [2.05, 4.69) is 389 Å². The van der Waals surface area contributed by atoms with Gasteiger partial charge < -0.3 is 9.31 Å². The number of hydrogen-bond donors (Lipinski definition) is 0. The molecule has 1 fully saturated rings. The van der Waals surface area contributed by atoms with Crippen LogP contribution in [0.4, 0.5) is 0 Å². The average Bonchev–Trinajstić information content (AvgIpc) is 1.70. The summed E-state index contributed by atoms with van der Waals surface area (Å²) in [5, 5.41) is 0.204. The molecule has 7 aromatic carbocycles. The van der Waals surface area contributed by atoms with Crippen molar-refractivity contribution in [2.24, 2.45) is 0 Å². The van der Waals surface area contributed by atoms with E-state index in [1.807, 2.05) is 24.3 Å². The second-order valence-electron chi connectivity index (χ2n) is 28.8. The fraction of sp³-hybridized carbons (Fsp3) is 0.346. The van der Waals surface area contributed by atoms with E-state index < -0.39 is 0 Å². The van der Waals surface area contributed by atoms with Crippen molar-refractivity contribution in [1.82, 2.24) is 44.9 Å². The van der Waals surface area contributed by atoms with Crippen LogP contribution >= 0.6 is 165 Å². The van der Waals surface area contributed by atoms with E-state index in [-0.39, 0.29) is 76.0 Å². The summed E-state index contributed by atoms with van der Waals surface area (Å²) in [6, 6.07) is 46.1. The molecule has 0 radical (unpaired) electrons. The highest BCUT2D eigenvalue weighted by Crippen LogP contribution is 2.39. The molecule has 101 heavy (non-hydrogen) atoms. The minimum absolute atomic E-state index is 0. The molecule has 3 aromatic heterocycles. The summed E-state index contributed by atoms with van der Waals surface area (Å²) in [6.45, 7) is 40.9. The van der Waals surface area contributed by atoms with Gasteiger partial charge in [-0.15, -0.1) is 0 Å². The highest BCUT2D eigenvalue weighted by atomic mass is 127. The van der Waals surface area contributed by atoms with Crippen LogP contribution in [0.5, 0.6) is 0 Å². The van der Waals surface area contributed by atoms with Gasteiger partial charge in [-0.1, -0.05) is 291 Å². The molecule has 0 bridgehead atoms. The minimum atomic E-state index is -0.316. The molecular formula is C78H87BBr6Cl4IN9O2. The molecule has 10 aromatic rings. The van der Waals surface area contributed by atoms with Crippen LogP contribution in [0, 0.1) is 24.3 Å². The first-order valence-corrected chi connectivity index (χ1v) is 38.9. The predicted octanol–water partition coefficient (Wildman–Crippen LogP) is 26.8. The third-order valence-electron chi connectivity index (χ3n) is 16.4. The Morgan fingerprint density at radius 1 is 0.327 bits per heavy atom. The molecule has 0 aliphatic carbocycles. The SMILES string of the molecule is C.C.CC(C)(C)c1ccc(-c2nc(Cl)nc(-c3ccc(C(C)(C)C)cc3)n2)cc1.Cc1c(Br)cc(-c2nc(-c3ccc(C(C)(C)C)cc3)nc(-c3ccc(C(C)(C)C)cc3)n2)cc1Br.Cc1c(Br)cc(B2OC(C)(C)C(C)(C)O2)cc1Br.Cc1c(Br)cc(I)cc1Br.Clc1nc(Cl)nc(Cl)n1. The van der Waals surface area contributed by atoms with Gasteiger partial charge in [0.2, 0.25) is 21.1 Å². The third kappa shape index (κ3) is 24.4. The van der Waals surface area contributed by atoms with E-state index in [4.69, 9.17) is 70.7 Å². The van der Waals surface area contributed by atoms with Gasteiger partial charge in [0.25, 0.3) is 0 Å². The largest absolute Gasteiger partial charge is 0.494 e. The Hall–Kier alpha value is -3.68. The van der Waals surface area contributed by atoms with Gasteiger partial charge in [-0.25, -0.2) is 19.9 Å². The maximum absolute atomic E-state index is 6.20. The van der Waals surface area contributed by atoms with Gasteiger partial charge in [0.15, 0.2) is 29.1 Å². The maximum atomic E-state index is 6.20. The first kappa shape index (κ1) is 88.0. The third-order valence-corrected chi connectivity index (χ3v) is 22.7. The molecule has 0 N–H and O–H groups in total. The summed E-state index contributed by atoms with van der Waals surface area (Å²) in [7, 11) is -0.316. The number of rotatable bonds is 6. The van der Waals surface area contributed by atoms with Gasteiger partial charge in [-0.05, 0) is 220 Å². The molecule has 11 nitrogen and oxygen atoms in total. The second kappa shape index (κ2) is 36.3. The van der Waals surface area contributed by atoms with E-state index in [0.29, 0.717) is 29.1 Å². The molecule has 4 heterocycles. The van der Waals surface area contributed by atoms with Gasteiger partial charge in [0.1, 0.15) is 0 Å². The second-order valence-corrected chi connectivity index (χ2v) is 36.5. The normalized spacial score (nSPS) is 13.1. The Bertz CT molecular complexity index is 4210. The molecule has 1 aliphatic heterocycles. The summed E-state index contributed by atoms with van der Waals surface area (Å²) in [5.41, 5.74) is 14.2. The topological polar surface area (TPSA) is 134 Å². The van der Waals surface area contributed by atoms with Crippen molar-refractivity contribution in [3.8, 4) is 56.9 Å². The van der Waals surface area contributed by atoms with Gasteiger partial charge in [0, 0.05) is 58.2 Å². The van der Waals surface area contributed by atoms with Crippen molar-refractivity contribution in [3.63, 3.8) is 0 Å². The van der Waals surface area contributed by atoms with Gasteiger partial charge in [0.05, 0.1) is 11.2 Å². The predicted molar refractivity (Wildman–Crippen MR) is 457 cm³/mol. The van der Waals surface area contributed by atoms with Crippen LogP contribution in [0.15, 0.2) is 160 Å². The first-order chi connectivity index (χ1) is 45.8. The van der Waals surface area contributed by atoms with Crippen molar-refractivity contribution in [1.29, 1.82) is 0 Å². The summed E-state index contributed by atoms with van der Waals surface area (Å²) >= 11 is 45.8. The van der Waals surface area contributed by atoms with Crippen LogP contribution in [-0.4, -0.2) is 63.2 Å². The monoisotopic (exact) mass is 1930 g/mol. The number of nitrogens with zero attached hydrogens (tertiary/aromatic N) is 9. The quantitative estimate of drug-likeness (QED) is 0.116. The van der Waals surface area contributed by atoms with Crippen molar-refractivity contribution in [2.45, 2.75) is 179 Å². The molecule has 0 spiro atoms. The maximum Gasteiger partial charge on any atom is 0.494 e. The van der Waals surface area contributed by atoms with Crippen LogP contribution in [0.1, 0.15) is 165 Å². The lowest BCUT2D eigenvalue weighted by Crippen LogP contribution is -2.41. The Balaban J connectivity index is 0.000000246. The Morgan fingerprint density at radius 2 is 0.535 bits per heavy atom. The molecule has 1 saturated heterocycles. The van der Waals surface area contributed by atoms with Crippen LogP contribution in [0.25, 0.3) is 56.9 Å². The number of aromatic nitrogens is 9. The molecular weight excluding hydrogens is 1850 g/mol. The molecule has 0 atom stereocenters. The molecule has 23 heteroatoms. The van der Waals surface area contributed by atoms with E-state index >= 15 is 0 Å². The molecule has 1 aliphatic rings. The highest BCUT2D eigenvalue weighted by molar-refractivity contribution is 14.1. The Kier molecular flexibility index (Phi) is 31.6. The first-order valence-electron chi connectivity index (χ1n) is 31.5.